The third-order valence-electron chi connectivity index (χ3n) is 2.94. The zero-order valence-corrected chi connectivity index (χ0v) is 12.7. The Hall–Kier alpha value is -1.98. The van der Waals surface area contributed by atoms with Crippen molar-refractivity contribution in [2.75, 3.05) is 5.32 Å². The number of thiocarbonyl (C=S) groups is 1. The first-order valence-corrected chi connectivity index (χ1v) is 6.84. The Bertz CT molecular complexity index is 734. The van der Waals surface area contributed by atoms with Crippen LogP contribution in [0.5, 0.6) is 0 Å². The fourth-order valence-corrected chi connectivity index (χ4v) is 2.38. The molecule has 0 heterocycles. The Morgan fingerprint density at radius 2 is 2.05 bits per heavy atom. The van der Waals surface area contributed by atoms with E-state index in [1.165, 1.54) is 12.1 Å². The standard InChI is InChI=1S/C15H12ClFN2OS/c1-8-7-9(16)5-6-10(8)15(20)19-12-4-2-3-11(17)13(12)14(18)21/h2-7H,1H3,(H2,18,21)(H,19,20). The smallest absolute Gasteiger partial charge is 0.255 e. The van der Waals surface area contributed by atoms with Crippen LogP contribution in [0.15, 0.2) is 36.4 Å². The molecule has 0 saturated carbocycles. The number of nitrogens with two attached hydrogens (primary N) is 1. The lowest BCUT2D eigenvalue weighted by Gasteiger charge is -2.12. The molecule has 0 radical (unpaired) electrons. The maximum Gasteiger partial charge on any atom is 0.255 e. The second-order valence-corrected chi connectivity index (χ2v) is 5.32. The molecule has 0 spiro atoms. The van der Waals surface area contributed by atoms with Gasteiger partial charge in [-0.2, -0.15) is 0 Å². The van der Waals surface area contributed by atoms with Gasteiger partial charge >= 0.3 is 0 Å². The van der Waals surface area contributed by atoms with Crippen LogP contribution in [-0.4, -0.2) is 10.9 Å². The van der Waals surface area contributed by atoms with Crippen molar-refractivity contribution in [3.63, 3.8) is 0 Å². The number of benzene rings is 2. The van der Waals surface area contributed by atoms with Crippen LogP contribution in [0.1, 0.15) is 21.5 Å². The zero-order chi connectivity index (χ0) is 15.6. The lowest BCUT2D eigenvalue weighted by molar-refractivity contribution is 0.102. The monoisotopic (exact) mass is 322 g/mol. The third-order valence-corrected chi connectivity index (χ3v) is 3.38. The number of hydrogen-bond donors (Lipinski definition) is 2. The Balaban J connectivity index is 2.36. The Morgan fingerprint density at radius 3 is 2.67 bits per heavy atom. The predicted octanol–water partition coefficient (Wildman–Crippen LogP) is 3.67. The van der Waals surface area contributed by atoms with Crippen molar-refractivity contribution in [2.45, 2.75) is 6.92 Å². The number of amides is 1. The molecule has 0 aliphatic heterocycles. The van der Waals surface area contributed by atoms with Gasteiger partial charge in [-0.05, 0) is 42.8 Å². The van der Waals surface area contributed by atoms with Crippen molar-refractivity contribution in [1.82, 2.24) is 0 Å². The van der Waals surface area contributed by atoms with Gasteiger partial charge in [-0.25, -0.2) is 4.39 Å². The van der Waals surface area contributed by atoms with Crippen molar-refractivity contribution in [3.8, 4) is 0 Å². The molecule has 0 bridgehead atoms. The van der Waals surface area contributed by atoms with E-state index >= 15 is 0 Å². The molecule has 6 heteroatoms. The molecule has 3 N–H and O–H groups in total. The van der Waals surface area contributed by atoms with E-state index in [2.05, 4.69) is 5.32 Å². The predicted molar refractivity (Wildman–Crippen MR) is 86.4 cm³/mol. The average Bonchev–Trinajstić information content (AvgIpc) is 2.37. The summed E-state index contributed by atoms with van der Waals surface area (Å²) in [4.78, 5) is 12.2. The molecule has 0 aromatic heterocycles. The first-order chi connectivity index (χ1) is 9.90. The minimum atomic E-state index is -0.576. The number of anilines is 1. The molecule has 3 nitrogen and oxygen atoms in total. The molecule has 1 amide bonds. The average molecular weight is 323 g/mol. The first kappa shape index (κ1) is 15.4. The van der Waals surface area contributed by atoms with Crippen LogP contribution in [-0.2, 0) is 0 Å². The van der Waals surface area contributed by atoms with Gasteiger partial charge in [0.2, 0.25) is 0 Å². The summed E-state index contributed by atoms with van der Waals surface area (Å²) >= 11 is 10.7. The van der Waals surface area contributed by atoms with E-state index in [4.69, 9.17) is 29.6 Å². The molecule has 2 rings (SSSR count). The summed E-state index contributed by atoms with van der Waals surface area (Å²) in [7, 11) is 0. The van der Waals surface area contributed by atoms with Gasteiger partial charge in [-0.3, -0.25) is 4.79 Å². The molecule has 2 aromatic carbocycles. The molecule has 0 fully saturated rings. The van der Waals surface area contributed by atoms with E-state index in [1.807, 2.05) is 0 Å². The van der Waals surface area contributed by atoms with Gasteiger partial charge in [0.1, 0.15) is 10.8 Å². The summed E-state index contributed by atoms with van der Waals surface area (Å²) in [6.07, 6.45) is 0. The van der Waals surface area contributed by atoms with Crippen LogP contribution in [0.3, 0.4) is 0 Å². The zero-order valence-electron chi connectivity index (χ0n) is 11.1. The molecular weight excluding hydrogens is 311 g/mol. The van der Waals surface area contributed by atoms with Gasteiger partial charge in [0.05, 0.1) is 11.3 Å². The summed E-state index contributed by atoms with van der Waals surface area (Å²) in [6, 6.07) is 9.15. The second-order valence-electron chi connectivity index (χ2n) is 4.44. The van der Waals surface area contributed by atoms with Crippen molar-refractivity contribution >= 4 is 40.4 Å². The van der Waals surface area contributed by atoms with E-state index in [1.54, 1.807) is 31.2 Å². The molecule has 2 aromatic rings. The number of halogens is 2. The highest BCUT2D eigenvalue weighted by atomic mass is 35.5. The van der Waals surface area contributed by atoms with Gasteiger partial charge in [0.25, 0.3) is 5.91 Å². The van der Waals surface area contributed by atoms with Gasteiger partial charge in [-0.15, -0.1) is 0 Å². The fraction of sp³-hybridized carbons (Fsp3) is 0.0667. The lowest BCUT2D eigenvalue weighted by atomic mass is 10.1. The Kier molecular flexibility index (Phi) is 4.55. The quantitative estimate of drug-likeness (QED) is 0.848. The van der Waals surface area contributed by atoms with E-state index in [-0.39, 0.29) is 22.1 Å². The van der Waals surface area contributed by atoms with E-state index in [9.17, 15) is 9.18 Å². The van der Waals surface area contributed by atoms with Crippen molar-refractivity contribution < 1.29 is 9.18 Å². The van der Waals surface area contributed by atoms with Crippen LogP contribution in [0.25, 0.3) is 0 Å². The molecule has 0 aliphatic rings. The minimum Gasteiger partial charge on any atom is -0.389 e. The summed E-state index contributed by atoms with van der Waals surface area (Å²) in [5.74, 6) is -0.958. The van der Waals surface area contributed by atoms with Gasteiger partial charge < -0.3 is 11.1 Å². The molecular formula is C15H12ClFN2OS. The molecule has 0 atom stereocenters. The third kappa shape index (κ3) is 3.37. The largest absolute Gasteiger partial charge is 0.389 e. The maximum absolute atomic E-state index is 13.7. The molecule has 0 aliphatic carbocycles. The number of carbonyl (C=O) groups is 1. The summed E-state index contributed by atoms with van der Waals surface area (Å²) in [5, 5.41) is 3.16. The Morgan fingerprint density at radius 1 is 1.33 bits per heavy atom. The minimum absolute atomic E-state index is 0.0208. The van der Waals surface area contributed by atoms with Crippen molar-refractivity contribution in [2.24, 2.45) is 5.73 Å². The molecule has 0 unspecified atom stereocenters. The summed E-state index contributed by atoms with van der Waals surface area (Å²) in [6.45, 7) is 1.76. The first-order valence-electron chi connectivity index (χ1n) is 6.06. The highest BCUT2D eigenvalue weighted by Gasteiger charge is 2.15. The Labute approximate surface area is 131 Å². The normalized spacial score (nSPS) is 10.2. The lowest BCUT2D eigenvalue weighted by Crippen LogP contribution is -2.19. The summed E-state index contributed by atoms with van der Waals surface area (Å²) in [5.41, 5.74) is 6.92. The molecule has 0 saturated heterocycles. The SMILES string of the molecule is Cc1cc(Cl)ccc1C(=O)Nc1cccc(F)c1C(N)=S. The topological polar surface area (TPSA) is 55.1 Å². The van der Waals surface area contributed by atoms with Crippen LogP contribution in [0.2, 0.25) is 5.02 Å². The highest BCUT2D eigenvalue weighted by Crippen LogP contribution is 2.21. The number of nitrogens with one attached hydrogen (secondary N) is 1. The second kappa shape index (κ2) is 6.20. The maximum atomic E-state index is 13.7. The number of hydrogen-bond acceptors (Lipinski definition) is 2. The van der Waals surface area contributed by atoms with E-state index in [0.717, 1.165) is 0 Å². The van der Waals surface area contributed by atoms with Crippen molar-refractivity contribution in [3.05, 3.63) is 63.9 Å². The highest BCUT2D eigenvalue weighted by molar-refractivity contribution is 7.80. The number of aryl methyl sites for hydroxylation is 1. The van der Waals surface area contributed by atoms with Crippen LogP contribution in [0, 0.1) is 12.7 Å². The van der Waals surface area contributed by atoms with Gasteiger partial charge in [0, 0.05) is 10.6 Å². The molecule has 21 heavy (non-hydrogen) atoms. The van der Waals surface area contributed by atoms with Crippen LogP contribution >= 0.6 is 23.8 Å². The summed E-state index contributed by atoms with van der Waals surface area (Å²) < 4.78 is 13.7. The fourth-order valence-electron chi connectivity index (χ4n) is 1.95. The molecule has 108 valence electrons. The van der Waals surface area contributed by atoms with Crippen LogP contribution in [0.4, 0.5) is 10.1 Å². The van der Waals surface area contributed by atoms with E-state index < -0.39 is 5.82 Å². The van der Waals surface area contributed by atoms with Crippen LogP contribution < -0.4 is 11.1 Å². The number of rotatable bonds is 3. The number of carbonyl (C=O) groups excluding carboxylic acids is 1. The van der Waals surface area contributed by atoms with E-state index in [0.29, 0.717) is 16.1 Å². The van der Waals surface area contributed by atoms with Crippen molar-refractivity contribution in [1.29, 1.82) is 0 Å². The van der Waals surface area contributed by atoms with Gasteiger partial charge in [0.15, 0.2) is 0 Å². The van der Waals surface area contributed by atoms with Gasteiger partial charge in [-0.1, -0.05) is 29.9 Å².